The normalized spacial score (nSPS) is 24.4. The molecule has 3 heterocycles. The molecule has 0 spiro atoms. The van der Waals surface area contributed by atoms with E-state index in [2.05, 4.69) is 9.38 Å². The second-order valence-corrected chi connectivity index (χ2v) is 5.59. The lowest BCUT2D eigenvalue weighted by Crippen LogP contribution is -2.39. The van der Waals surface area contributed by atoms with E-state index in [1.54, 1.807) is 0 Å². The second kappa shape index (κ2) is 4.49. The Morgan fingerprint density at radius 1 is 1.62 bits per heavy atom. The molecule has 1 aromatic heterocycles. The zero-order valence-corrected chi connectivity index (χ0v) is 11.4. The van der Waals surface area contributed by atoms with Crippen molar-refractivity contribution in [3.63, 3.8) is 0 Å². The topological polar surface area (TPSA) is 155 Å². The molecule has 2 amide bonds. The number of amides is 2. The van der Waals surface area contributed by atoms with Gasteiger partial charge in [-0.05, 0) is 0 Å². The quantitative estimate of drug-likeness (QED) is 0.360. The number of hydroxylamine groups is 2. The molecule has 1 saturated heterocycles. The van der Waals surface area contributed by atoms with Crippen LogP contribution >= 0.6 is 0 Å². The maximum Gasteiger partial charge on any atom is 0.418 e. The summed E-state index contributed by atoms with van der Waals surface area (Å²) in [5.41, 5.74) is 6.74. The highest BCUT2D eigenvalue weighted by Crippen LogP contribution is 2.43. The van der Waals surface area contributed by atoms with E-state index >= 15 is 0 Å². The first-order valence-electron chi connectivity index (χ1n) is 5.92. The van der Waals surface area contributed by atoms with Crippen LogP contribution in [0.5, 0.6) is 0 Å². The van der Waals surface area contributed by atoms with Crippen LogP contribution in [-0.4, -0.2) is 58.2 Å². The highest BCUT2D eigenvalue weighted by molar-refractivity contribution is 7.80. The van der Waals surface area contributed by atoms with Gasteiger partial charge in [-0.25, -0.2) is 9.48 Å². The van der Waals surface area contributed by atoms with Crippen molar-refractivity contribution in [1.82, 2.24) is 19.7 Å². The Hall–Kier alpha value is -2.02. The Morgan fingerprint density at radius 2 is 2.33 bits per heavy atom. The largest absolute Gasteiger partial charge is 0.418 e. The number of nitrogens with two attached hydrogens (primary N) is 1. The fraction of sp³-hybridized carbons (Fsp3) is 0.444. The van der Waals surface area contributed by atoms with Gasteiger partial charge in [0.1, 0.15) is 12.4 Å². The summed E-state index contributed by atoms with van der Waals surface area (Å²) in [5.74, 6) is 0. The van der Waals surface area contributed by atoms with Gasteiger partial charge in [0.05, 0.1) is 24.5 Å². The van der Waals surface area contributed by atoms with E-state index in [1.807, 2.05) is 0 Å². The SMILES string of the molecule is N=Cn1ncc2c1[C@@H](CN)N1C[C@H]2N(OS(=O)(=O)O)C1=O. The molecule has 0 unspecified atom stereocenters. The van der Waals surface area contributed by atoms with Crippen LogP contribution in [0.3, 0.4) is 0 Å². The number of carbonyl (C=O) groups excluding carboxylic acids is 1. The van der Waals surface area contributed by atoms with Gasteiger partial charge in [0.25, 0.3) is 0 Å². The summed E-state index contributed by atoms with van der Waals surface area (Å²) in [5, 5.41) is 11.9. The highest BCUT2D eigenvalue weighted by atomic mass is 32.3. The minimum absolute atomic E-state index is 0.0741. The Morgan fingerprint density at radius 3 is 2.90 bits per heavy atom. The van der Waals surface area contributed by atoms with Gasteiger partial charge in [0, 0.05) is 12.1 Å². The summed E-state index contributed by atoms with van der Waals surface area (Å²) in [6, 6.07) is -2.02. The number of hydrogen-bond donors (Lipinski definition) is 3. The third-order valence-corrected chi connectivity index (χ3v) is 3.87. The van der Waals surface area contributed by atoms with Crippen LogP contribution in [0.2, 0.25) is 0 Å². The lowest BCUT2D eigenvalue weighted by Gasteiger charge is -2.29. The lowest BCUT2D eigenvalue weighted by atomic mass is 9.98. The highest BCUT2D eigenvalue weighted by Gasteiger charge is 2.51. The van der Waals surface area contributed by atoms with E-state index in [0.29, 0.717) is 16.3 Å². The van der Waals surface area contributed by atoms with Gasteiger partial charge >= 0.3 is 16.4 Å². The van der Waals surface area contributed by atoms with E-state index in [1.165, 1.54) is 15.8 Å². The van der Waals surface area contributed by atoms with Gasteiger partial charge in [0.15, 0.2) is 0 Å². The molecule has 2 aliphatic heterocycles. The van der Waals surface area contributed by atoms with Crippen molar-refractivity contribution in [2.45, 2.75) is 12.1 Å². The number of rotatable bonds is 4. The number of carbonyl (C=O) groups is 1. The van der Waals surface area contributed by atoms with Gasteiger partial charge in [-0.2, -0.15) is 18.6 Å². The fourth-order valence-corrected chi connectivity index (χ4v) is 3.12. The molecule has 0 saturated carbocycles. The van der Waals surface area contributed by atoms with Crippen molar-refractivity contribution < 1.29 is 22.0 Å². The summed E-state index contributed by atoms with van der Waals surface area (Å²) in [4.78, 5) is 13.5. The van der Waals surface area contributed by atoms with E-state index in [0.717, 1.165) is 6.34 Å². The molecule has 114 valence electrons. The fourth-order valence-electron chi connectivity index (χ4n) is 2.75. The third kappa shape index (κ3) is 1.99. The molecule has 0 aliphatic carbocycles. The van der Waals surface area contributed by atoms with Gasteiger partial charge in [0.2, 0.25) is 0 Å². The van der Waals surface area contributed by atoms with Crippen LogP contribution in [0.4, 0.5) is 4.79 Å². The predicted octanol–water partition coefficient (Wildman–Crippen LogP) is -1.14. The van der Waals surface area contributed by atoms with Crippen molar-refractivity contribution in [2.75, 3.05) is 13.1 Å². The maximum atomic E-state index is 12.2. The van der Waals surface area contributed by atoms with Crippen LogP contribution in [0.1, 0.15) is 23.3 Å². The zero-order chi connectivity index (χ0) is 15.4. The summed E-state index contributed by atoms with van der Waals surface area (Å²) in [6.45, 7) is 0.234. The molecular weight excluding hydrogens is 304 g/mol. The van der Waals surface area contributed by atoms with Crippen LogP contribution < -0.4 is 5.73 Å². The van der Waals surface area contributed by atoms with E-state index in [4.69, 9.17) is 15.7 Å². The Kier molecular flexibility index (Phi) is 2.98. The van der Waals surface area contributed by atoms with Crippen LogP contribution in [0.15, 0.2) is 6.20 Å². The van der Waals surface area contributed by atoms with Crippen molar-refractivity contribution in [3.8, 4) is 0 Å². The summed E-state index contributed by atoms with van der Waals surface area (Å²) >= 11 is 0. The van der Waals surface area contributed by atoms with Crippen molar-refractivity contribution >= 4 is 22.8 Å². The summed E-state index contributed by atoms with van der Waals surface area (Å²) in [6.07, 6.45) is 2.38. The molecule has 2 atom stereocenters. The molecule has 11 nitrogen and oxygen atoms in total. The van der Waals surface area contributed by atoms with Crippen molar-refractivity contribution in [1.29, 1.82) is 5.41 Å². The van der Waals surface area contributed by atoms with Crippen LogP contribution in [0, 0.1) is 5.41 Å². The number of nitrogens with zero attached hydrogens (tertiary/aromatic N) is 4. The number of urea groups is 1. The molecule has 3 rings (SSSR count). The van der Waals surface area contributed by atoms with E-state index < -0.39 is 28.5 Å². The first-order valence-corrected chi connectivity index (χ1v) is 7.28. The van der Waals surface area contributed by atoms with Gasteiger partial charge in [-0.15, -0.1) is 4.28 Å². The van der Waals surface area contributed by atoms with E-state index in [9.17, 15) is 13.2 Å². The minimum atomic E-state index is -4.83. The lowest BCUT2D eigenvalue weighted by molar-refractivity contribution is -0.0317. The van der Waals surface area contributed by atoms with Gasteiger partial charge in [-0.3, -0.25) is 9.96 Å². The number of hydrogen-bond acceptors (Lipinski definition) is 7. The van der Waals surface area contributed by atoms with Crippen molar-refractivity contribution in [3.05, 3.63) is 17.5 Å². The molecular formula is C9H12N6O5S. The monoisotopic (exact) mass is 316 g/mol. The first kappa shape index (κ1) is 13.9. The average molecular weight is 316 g/mol. The molecule has 4 N–H and O–H groups in total. The maximum absolute atomic E-state index is 12.2. The molecule has 12 heteroatoms. The average Bonchev–Trinajstić information content (AvgIpc) is 2.94. The molecule has 2 aliphatic rings. The number of aromatic nitrogens is 2. The van der Waals surface area contributed by atoms with Gasteiger partial charge in [-0.1, -0.05) is 0 Å². The molecule has 0 aromatic carbocycles. The molecule has 1 aromatic rings. The Balaban J connectivity index is 2.10. The molecule has 0 radical (unpaired) electrons. The van der Waals surface area contributed by atoms with Gasteiger partial charge < -0.3 is 10.6 Å². The first-order chi connectivity index (χ1) is 9.87. The molecule has 21 heavy (non-hydrogen) atoms. The second-order valence-electron chi connectivity index (χ2n) is 4.59. The summed E-state index contributed by atoms with van der Waals surface area (Å²) in [7, 11) is -4.83. The Labute approximate surface area is 119 Å². The standard InChI is InChI=1S/C9H12N6O5S/c10-1-6-8-5(2-12-14(8)4-11)7-3-13(6)9(16)15(7)20-21(17,18)19/h2,4,6-7,11H,1,3,10H2,(H,17,18,19)/t6-,7-/m1/s1. The van der Waals surface area contributed by atoms with Crippen LogP contribution in [-0.2, 0) is 14.7 Å². The number of fused-ring (bicyclic) bond motifs is 4. The molecule has 2 bridgehead atoms. The molecule has 1 fully saturated rings. The zero-order valence-electron chi connectivity index (χ0n) is 10.6. The number of nitrogens with one attached hydrogen (secondary N) is 1. The Bertz CT molecular complexity index is 714. The predicted molar refractivity (Wildman–Crippen MR) is 67.5 cm³/mol. The van der Waals surface area contributed by atoms with E-state index in [-0.39, 0.29) is 13.1 Å². The smallest absolute Gasteiger partial charge is 0.328 e. The summed E-state index contributed by atoms with van der Waals surface area (Å²) < 4.78 is 36.2. The minimum Gasteiger partial charge on any atom is -0.328 e. The van der Waals surface area contributed by atoms with Crippen molar-refractivity contribution in [2.24, 2.45) is 5.73 Å². The third-order valence-electron chi connectivity index (χ3n) is 3.52. The van der Waals surface area contributed by atoms with Crippen LogP contribution in [0.25, 0.3) is 0 Å².